The summed E-state index contributed by atoms with van der Waals surface area (Å²) >= 11 is 5.99. The zero-order valence-electron chi connectivity index (χ0n) is 12.6. The number of nitrogens with one attached hydrogen (secondary N) is 1. The summed E-state index contributed by atoms with van der Waals surface area (Å²) in [7, 11) is 0. The molecule has 1 aliphatic rings. The van der Waals surface area contributed by atoms with E-state index < -0.39 is 0 Å². The van der Waals surface area contributed by atoms with Crippen LogP contribution in [0.2, 0.25) is 5.02 Å². The molecular weight excluding hydrogens is 282 g/mol. The lowest BCUT2D eigenvalue weighted by atomic mass is 10.0. The lowest BCUT2D eigenvalue weighted by molar-refractivity contribution is 0.396. The number of nitrogens with zero attached hydrogens (tertiary/aromatic N) is 2. The van der Waals surface area contributed by atoms with Crippen LogP contribution in [0, 0.1) is 0 Å². The van der Waals surface area contributed by atoms with Gasteiger partial charge < -0.3 is 9.88 Å². The lowest BCUT2D eigenvalue weighted by Crippen LogP contribution is -2.39. The summed E-state index contributed by atoms with van der Waals surface area (Å²) in [6.07, 6.45) is 7.33. The second kappa shape index (κ2) is 5.82. The maximum atomic E-state index is 5.99. The quantitative estimate of drug-likeness (QED) is 0.880. The van der Waals surface area contributed by atoms with Crippen LogP contribution in [0.1, 0.15) is 38.1 Å². The van der Waals surface area contributed by atoms with E-state index in [9.17, 15) is 0 Å². The summed E-state index contributed by atoms with van der Waals surface area (Å²) in [4.78, 5) is 4.39. The predicted octanol–water partition coefficient (Wildman–Crippen LogP) is 3.77. The number of hydrogen-bond donors (Lipinski definition) is 1. The van der Waals surface area contributed by atoms with Crippen molar-refractivity contribution in [2.45, 2.75) is 51.2 Å². The number of hydrogen-bond acceptors (Lipinski definition) is 2. The summed E-state index contributed by atoms with van der Waals surface area (Å²) in [5.74, 6) is 1.15. The summed E-state index contributed by atoms with van der Waals surface area (Å²) < 4.78 is 2.25. The lowest BCUT2D eigenvalue weighted by Gasteiger charge is -2.24. The van der Waals surface area contributed by atoms with Crippen LogP contribution in [0.5, 0.6) is 0 Å². The van der Waals surface area contributed by atoms with Crippen molar-refractivity contribution in [3.05, 3.63) is 53.1 Å². The second-order valence-corrected chi connectivity index (χ2v) is 6.42. The zero-order chi connectivity index (χ0) is 14.9. The molecule has 4 heteroatoms. The first-order valence-corrected chi connectivity index (χ1v) is 8.04. The Balaban J connectivity index is 1.67. The molecule has 3 nitrogen and oxygen atoms in total. The number of halogens is 1. The molecule has 0 spiro atoms. The third kappa shape index (κ3) is 3.14. The fraction of sp³-hybridized carbons (Fsp3) is 0.471. The van der Waals surface area contributed by atoms with Gasteiger partial charge in [-0.3, -0.25) is 0 Å². The number of benzene rings is 1. The van der Waals surface area contributed by atoms with E-state index in [1.807, 2.05) is 18.3 Å². The van der Waals surface area contributed by atoms with Gasteiger partial charge in [0.25, 0.3) is 0 Å². The van der Waals surface area contributed by atoms with E-state index >= 15 is 0 Å². The second-order valence-electron chi connectivity index (χ2n) is 5.98. The maximum Gasteiger partial charge on any atom is 0.108 e. The van der Waals surface area contributed by atoms with E-state index in [1.54, 1.807) is 0 Å². The standard InChI is InChI=1S/C17H22ClN3/c1-3-16-19-10-11-21(16)12-13(2)20-17(8-9-17)14-4-6-15(18)7-5-14/h4-7,10-11,13,20H,3,8-9,12H2,1-2H3/t13-/m1/s1. The molecule has 0 unspecified atom stereocenters. The minimum Gasteiger partial charge on any atom is -0.333 e. The molecule has 112 valence electrons. The Morgan fingerprint density at radius 1 is 1.33 bits per heavy atom. The molecule has 1 fully saturated rings. The largest absolute Gasteiger partial charge is 0.333 e. The van der Waals surface area contributed by atoms with Gasteiger partial charge in [0, 0.05) is 42.0 Å². The molecule has 1 atom stereocenters. The van der Waals surface area contributed by atoms with Crippen molar-refractivity contribution in [3.63, 3.8) is 0 Å². The van der Waals surface area contributed by atoms with Crippen LogP contribution >= 0.6 is 11.6 Å². The highest BCUT2D eigenvalue weighted by molar-refractivity contribution is 6.30. The van der Waals surface area contributed by atoms with Gasteiger partial charge in [0.15, 0.2) is 0 Å². The molecule has 21 heavy (non-hydrogen) atoms. The van der Waals surface area contributed by atoms with Gasteiger partial charge >= 0.3 is 0 Å². The van der Waals surface area contributed by atoms with Crippen LogP contribution in [0.4, 0.5) is 0 Å². The third-order valence-corrected chi connectivity index (χ3v) is 4.51. The first-order valence-electron chi connectivity index (χ1n) is 7.67. The van der Waals surface area contributed by atoms with E-state index in [0.717, 1.165) is 23.8 Å². The SMILES string of the molecule is CCc1nccn1C[C@@H](C)NC1(c2ccc(Cl)cc2)CC1. The topological polar surface area (TPSA) is 29.9 Å². The fourth-order valence-electron chi connectivity index (χ4n) is 3.04. The summed E-state index contributed by atoms with van der Waals surface area (Å²) in [5, 5.41) is 4.60. The van der Waals surface area contributed by atoms with Crippen molar-refractivity contribution >= 4 is 11.6 Å². The highest BCUT2D eigenvalue weighted by Crippen LogP contribution is 2.46. The van der Waals surface area contributed by atoms with Gasteiger partial charge in [0.2, 0.25) is 0 Å². The highest BCUT2D eigenvalue weighted by atomic mass is 35.5. The van der Waals surface area contributed by atoms with E-state index in [2.05, 4.69) is 47.0 Å². The monoisotopic (exact) mass is 303 g/mol. The molecule has 0 aliphatic heterocycles. The van der Waals surface area contributed by atoms with Gasteiger partial charge in [-0.15, -0.1) is 0 Å². The number of imidazole rings is 1. The van der Waals surface area contributed by atoms with Crippen LogP contribution in [0.25, 0.3) is 0 Å². The third-order valence-electron chi connectivity index (χ3n) is 4.26. The van der Waals surface area contributed by atoms with Crippen molar-refractivity contribution in [3.8, 4) is 0 Å². The van der Waals surface area contributed by atoms with Crippen molar-refractivity contribution in [1.82, 2.24) is 14.9 Å². The molecule has 1 saturated carbocycles. The molecule has 0 radical (unpaired) electrons. The number of aromatic nitrogens is 2. The molecule has 1 aromatic carbocycles. The highest BCUT2D eigenvalue weighted by Gasteiger charge is 2.44. The molecule has 1 aromatic heterocycles. The van der Waals surface area contributed by atoms with Crippen LogP contribution in [0.15, 0.2) is 36.7 Å². The molecule has 2 aromatic rings. The van der Waals surface area contributed by atoms with Crippen LogP contribution < -0.4 is 5.32 Å². The smallest absolute Gasteiger partial charge is 0.108 e. The van der Waals surface area contributed by atoms with Gasteiger partial charge in [-0.1, -0.05) is 30.7 Å². The first kappa shape index (κ1) is 14.6. The summed E-state index contributed by atoms with van der Waals surface area (Å²) in [6.45, 7) is 5.35. The predicted molar refractivity (Wildman–Crippen MR) is 86.6 cm³/mol. The maximum absolute atomic E-state index is 5.99. The van der Waals surface area contributed by atoms with Gasteiger partial charge in [0.05, 0.1) is 0 Å². The number of aryl methyl sites for hydroxylation is 1. The number of rotatable bonds is 6. The van der Waals surface area contributed by atoms with Crippen LogP contribution in [0.3, 0.4) is 0 Å². The molecule has 0 saturated heterocycles. The summed E-state index contributed by atoms with van der Waals surface area (Å²) in [6, 6.07) is 8.65. The van der Waals surface area contributed by atoms with Crippen molar-refractivity contribution in [2.24, 2.45) is 0 Å². The molecule has 1 aliphatic carbocycles. The average molecular weight is 304 g/mol. The van der Waals surface area contributed by atoms with Crippen molar-refractivity contribution < 1.29 is 0 Å². The Labute approximate surface area is 131 Å². The molecule has 1 N–H and O–H groups in total. The van der Waals surface area contributed by atoms with E-state index in [-0.39, 0.29) is 5.54 Å². The molecule has 0 bridgehead atoms. The van der Waals surface area contributed by atoms with Crippen LogP contribution in [-0.2, 0) is 18.5 Å². The van der Waals surface area contributed by atoms with Crippen LogP contribution in [-0.4, -0.2) is 15.6 Å². The van der Waals surface area contributed by atoms with Crippen molar-refractivity contribution in [1.29, 1.82) is 0 Å². The first-order chi connectivity index (χ1) is 10.1. The molecule has 0 amide bonds. The summed E-state index contributed by atoms with van der Waals surface area (Å²) in [5.41, 5.74) is 1.50. The fourth-order valence-corrected chi connectivity index (χ4v) is 3.17. The Kier molecular flexibility index (Phi) is 4.05. The zero-order valence-corrected chi connectivity index (χ0v) is 13.4. The van der Waals surface area contributed by atoms with Gasteiger partial charge in [-0.25, -0.2) is 4.98 Å². The van der Waals surface area contributed by atoms with Gasteiger partial charge in [0.1, 0.15) is 5.82 Å². The van der Waals surface area contributed by atoms with Crippen molar-refractivity contribution in [2.75, 3.05) is 0 Å². The normalized spacial score (nSPS) is 17.7. The van der Waals surface area contributed by atoms with Gasteiger partial charge in [-0.05, 0) is 37.5 Å². The molecular formula is C17H22ClN3. The van der Waals surface area contributed by atoms with Gasteiger partial charge in [-0.2, -0.15) is 0 Å². The Bertz CT molecular complexity index is 599. The van der Waals surface area contributed by atoms with E-state index in [4.69, 9.17) is 11.6 Å². The molecule has 1 heterocycles. The molecule has 3 rings (SSSR count). The Morgan fingerprint density at radius 3 is 2.67 bits per heavy atom. The minimum absolute atomic E-state index is 0.150. The average Bonchev–Trinajstić information content (AvgIpc) is 3.10. The Hall–Kier alpha value is -1.32. The minimum atomic E-state index is 0.150. The Morgan fingerprint density at radius 2 is 2.05 bits per heavy atom. The van der Waals surface area contributed by atoms with E-state index in [0.29, 0.717) is 6.04 Å². The van der Waals surface area contributed by atoms with E-state index in [1.165, 1.54) is 18.4 Å².